The maximum absolute atomic E-state index is 12.2. The van der Waals surface area contributed by atoms with Gasteiger partial charge in [-0.05, 0) is 6.07 Å². The summed E-state index contributed by atoms with van der Waals surface area (Å²) in [7, 11) is 0. The van der Waals surface area contributed by atoms with Gasteiger partial charge in [-0.2, -0.15) is 0 Å². The summed E-state index contributed by atoms with van der Waals surface area (Å²) >= 11 is 5.40. The summed E-state index contributed by atoms with van der Waals surface area (Å²) in [6.45, 7) is 0. The number of halogens is 3. The van der Waals surface area contributed by atoms with Gasteiger partial charge in [-0.3, -0.25) is 4.79 Å². The molecule has 0 radical (unpaired) electrons. The van der Waals surface area contributed by atoms with Gasteiger partial charge in [0.1, 0.15) is 5.69 Å². The first-order valence-electron chi connectivity index (χ1n) is 3.25. The fourth-order valence-electron chi connectivity index (χ4n) is 0.756. The molecule has 0 saturated heterocycles. The predicted octanol–water partition coefficient (Wildman–Crippen LogP) is 1.77. The van der Waals surface area contributed by atoms with E-state index in [0.717, 1.165) is 12.3 Å². The molecule has 0 aliphatic rings. The lowest BCUT2D eigenvalue weighted by Crippen LogP contribution is -2.13. The Balaban J connectivity index is 3.19. The van der Waals surface area contributed by atoms with Crippen LogP contribution in [0.25, 0.3) is 0 Å². The lowest BCUT2D eigenvalue weighted by molar-refractivity contribution is 0.0995. The SMILES string of the molecule is NC(=O)c1cc(C(F)F)c(Cl)cn1. The number of hydrogen-bond donors (Lipinski definition) is 1. The van der Waals surface area contributed by atoms with Crippen LogP contribution >= 0.6 is 11.6 Å². The second-order valence-electron chi connectivity index (χ2n) is 2.26. The van der Waals surface area contributed by atoms with Gasteiger partial charge in [0.2, 0.25) is 0 Å². The van der Waals surface area contributed by atoms with E-state index in [9.17, 15) is 13.6 Å². The molecule has 6 heteroatoms. The third-order valence-corrected chi connectivity index (χ3v) is 1.69. The molecule has 0 spiro atoms. The van der Waals surface area contributed by atoms with Gasteiger partial charge in [-0.1, -0.05) is 11.6 Å². The highest BCUT2D eigenvalue weighted by molar-refractivity contribution is 6.31. The number of carbonyl (C=O) groups excluding carboxylic acids is 1. The van der Waals surface area contributed by atoms with E-state index in [1.54, 1.807) is 0 Å². The van der Waals surface area contributed by atoms with Crippen molar-refractivity contribution in [3.63, 3.8) is 0 Å². The molecule has 0 atom stereocenters. The van der Waals surface area contributed by atoms with E-state index in [1.807, 2.05) is 0 Å². The van der Waals surface area contributed by atoms with Crippen LogP contribution in [0, 0.1) is 0 Å². The minimum atomic E-state index is -2.74. The van der Waals surface area contributed by atoms with Crippen molar-refractivity contribution < 1.29 is 13.6 Å². The fourth-order valence-corrected chi connectivity index (χ4v) is 0.942. The van der Waals surface area contributed by atoms with Crippen LogP contribution in [-0.4, -0.2) is 10.9 Å². The van der Waals surface area contributed by atoms with E-state index in [2.05, 4.69) is 4.98 Å². The van der Waals surface area contributed by atoms with Crippen LogP contribution in [0.4, 0.5) is 8.78 Å². The Morgan fingerprint density at radius 1 is 1.62 bits per heavy atom. The van der Waals surface area contributed by atoms with Crippen molar-refractivity contribution in [2.45, 2.75) is 6.43 Å². The van der Waals surface area contributed by atoms with Crippen molar-refractivity contribution in [2.75, 3.05) is 0 Å². The van der Waals surface area contributed by atoms with E-state index in [0.29, 0.717) is 0 Å². The highest BCUT2D eigenvalue weighted by Crippen LogP contribution is 2.26. The topological polar surface area (TPSA) is 56.0 Å². The first-order chi connectivity index (χ1) is 6.02. The Bertz CT molecular complexity index is 343. The van der Waals surface area contributed by atoms with Crippen LogP contribution in [0.1, 0.15) is 22.5 Å². The maximum atomic E-state index is 12.2. The largest absolute Gasteiger partial charge is 0.364 e. The summed E-state index contributed by atoms with van der Waals surface area (Å²) in [5, 5.41) is -0.181. The molecule has 0 bridgehead atoms. The molecule has 0 saturated carbocycles. The smallest absolute Gasteiger partial charge is 0.267 e. The molecule has 0 aliphatic carbocycles. The van der Waals surface area contributed by atoms with Gasteiger partial charge in [0.05, 0.1) is 5.02 Å². The number of amides is 1. The lowest BCUT2D eigenvalue weighted by atomic mass is 10.2. The molecular weight excluding hydrogens is 202 g/mol. The second kappa shape index (κ2) is 3.66. The van der Waals surface area contributed by atoms with E-state index >= 15 is 0 Å². The van der Waals surface area contributed by atoms with Crippen LogP contribution in [0.3, 0.4) is 0 Å². The summed E-state index contributed by atoms with van der Waals surface area (Å²) in [5.74, 6) is -0.862. The Morgan fingerprint density at radius 2 is 2.23 bits per heavy atom. The van der Waals surface area contributed by atoms with Crippen LogP contribution in [-0.2, 0) is 0 Å². The molecule has 13 heavy (non-hydrogen) atoms. The predicted molar refractivity (Wildman–Crippen MR) is 42.7 cm³/mol. The molecule has 0 fully saturated rings. The molecule has 1 aromatic heterocycles. The number of nitrogens with two attached hydrogens (primary N) is 1. The summed E-state index contributed by atoms with van der Waals surface area (Å²) in [6, 6.07) is 0.884. The molecule has 3 nitrogen and oxygen atoms in total. The second-order valence-corrected chi connectivity index (χ2v) is 2.66. The first-order valence-corrected chi connectivity index (χ1v) is 3.63. The molecule has 1 heterocycles. The fraction of sp³-hybridized carbons (Fsp3) is 0.143. The van der Waals surface area contributed by atoms with Gasteiger partial charge in [0.15, 0.2) is 0 Å². The number of aromatic nitrogens is 1. The summed E-state index contributed by atoms with van der Waals surface area (Å²) in [6.07, 6.45) is -1.77. The Hall–Kier alpha value is -1.23. The number of carbonyl (C=O) groups is 1. The van der Waals surface area contributed by atoms with E-state index in [-0.39, 0.29) is 10.7 Å². The van der Waals surface area contributed by atoms with E-state index < -0.39 is 17.9 Å². The third kappa shape index (κ3) is 2.12. The highest BCUT2D eigenvalue weighted by atomic mass is 35.5. The van der Waals surface area contributed by atoms with Crippen molar-refractivity contribution in [2.24, 2.45) is 5.73 Å². The standard InChI is InChI=1S/C7H5ClF2N2O/c8-4-2-12-5(7(11)13)1-3(4)6(9)10/h1-2,6H,(H2,11,13). The zero-order chi connectivity index (χ0) is 10.0. The van der Waals surface area contributed by atoms with Crippen molar-refractivity contribution in [1.29, 1.82) is 0 Å². The Morgan fingerprint density at radius 3 is 2.69 bits per heavy atom. The molecule has 2 N–H and O–H groups in total. The number of hydrogen-bond acceptors (Lipinski definition) is 2. The lowest BCUT2D eigenvalue weighted by Gasteiger charge is -2.02. The zero-order valence-corrected chi connectivity index (χ0v) is 7.05. The van der Waals surface area contributed by atoms with Crippen molar-refractivity contribution in [3.8, 4) is 0 Å². The van der Waals surface area contributed by atoms with Crippen LogP contribution in [0.15, 0.2) is 12.3 Å². The van der Waals surface area contributed by atoms with Crippen LogP contribution in [0.2, 0.25) is 5.02 Å². The summed E-state index contributed by atoms with van der Waals surface area (Å²) in [5.41, 5.74) is 4.18. The van der Waals surface area contributed by atoms with Crippen LogP contribution < -0.4 is 5.73 Å². The number of alkyl halides is 2. The molecular formula is C7H5ClF2N2O. The quantitative estimate of drug-likeness (QED) is 0.802. The van der Waals surface area contributed by atoms with Gasteiger partial charge < -0.3 is 5.73 Å². The number of pyridine rings is 1. The number of rotatable bonds is 2. The minimum absolute atomic E-state index is 0.181. The summed E-state index contributed by atoms with van der Waals surface area (Å²) < 4.78 is 24.4. The van der Waals surface area contributed by atoms with Crippen LogP contribution in [0.5, 0.6) is 0 Å². The Kier molecular flexibility index (Phi) is 2.77. The minimum Gasteiger partial charge on any atom is -0.364 e. The molecule has 0 unspecified atom stereocenters. The van der Waals surface area contributed by atoms with Gasteiger partial charge in [-0.15, -0.1) is 0 Å². The zero-order valence-electron chi connectivity index (χ0n) is 6.30. The Labute approximate surface area is 77.5 Å². The first kappa shape index (κ1) is 9.85. The molecule has 0 aromatic carbocycles. The van der Waals surface area contributed by atoms with Crippen molar-refractivity contribution >= 4 is 17.5 Å². The van der Waals surface area contributed by atoms with Crippen molar-refractivity contribution in [1.82, 2.24) is 4.98 Å². The van der Waals surface area contributed by atoms with Gasteiger partial charge >= 0.3 is 0 Å². The van der Waals surface area contributed by atoms with E-state index in [4.69, 9.17) is 17.3 Å². The van der Waals surface area contributed by atoms with Gasteiger partial charge in [0, 0.05) is 11.8 Å². The molecule has 70 valence electrons. The van der Waals surface area contributed by atoms with Gasteiger partial charge in [0.25, 0.3) is 12.3 Å². The average molecular weight is 207 g/mol. The van der Waals surface area contributed by atoms with Gasteiger partial charge in [-0.25, -0.2) is 13.8 Å². The molecule has 0 aliphatic heterocycles. The third-order valence-electron chi connectivity index (χ3n) is 1.37. The molecule has 1 rings (SSSR count). The molecule has 1 aromatic rings. The number of nitrogens with zero attached hydrogens (tertiary/aromatic N) is 1. The maximum Gasteiger partial charge on any atom is 0.267 e. The monoisotopic (exact) mass is 206 g/mol. The normalized spacial score (nSPS) is 10.5. The average Bonchev–Trinajstić information content (AvgIpc) is 2.04. The van der Waals surface area contributed by atoms with E-state index in [1.165, 1.54) is 0 Å². The van der Waals surface area contributed by atoms with Crippen molar-refractivity contribution in [3.05, 3.63) is 28.5 Å². The molecule has 1 amide bonds. The summed E-state index contributed by atoms with van der Waals surface area (Å²) in [4.78, 5) is 14.0. The number of primary amides is 1. The highest BCUT2D eigenvalue weighted by Gasteiger charge is 2.14.